The summed E-state index contributed by atoms with van der Waals surface area (Å²) in [5.74, 6) is 1.02. The smallest absolute Gasteiger partial charge is 0.0426 e. The summed E-state index contributed by atoms with van der Waals surface area (Å²) < 4.78 is 0. The van der Waals surface area contributed by atoms with E-state index in [1.54, 1.807) is 0 Å². The highest BCUT2D eigenvalue weighted by Crippen LogP contribution is 2.33. The molecule has 82 valence electrons. The van der Waals surface area contributed by atoms with Gasteiger partial charge >= 0.3 is 0 Å². The monoisotopic (exact) mass is 241 g/mol. The van der Waals surface area contributed by atoms with Crippen LogP contribution < -0.4 is 5.73 Å². The molecule has 3 heteroatoms. The number of benzene rings is 1. The normalized spacial score (nSPS) is 17.1. The Hall–Kier alpha value is -0.340. The molecule has 1 aliphatic rings. The first-order valence-electron chi connectivity index (χ1n) is 5.41. The lowest BCUT2D eigenvalue weighted by Gasteiger charge is -2.10. The van der Waals surface area contributed by atoms with Gasteiger partial charge in [0, 0.05) is 21.7 Å². The Morgan fingerprint density at radius 1 is 1.33 bits per heavy atom. The summed E-state index contributed by atoms with van der Waals surface area (Å²) >= 11 is 7.89. The molecular weight excluding hydrogens is 226 g/mol. The van der Waals surface area contributed by atoms with Crippen LogP contribution in [0.25, 0.3) is 0 Å². The molecule has 0 spiro atoms. The summed E-state index contributed by atoms with van der Waals surface area (Å²) in [6, 6.07) is 5.80. The molecule has 2 rings (SSSR count). The molecule has 0 atom stereocenters. The van der Waals surface area contributed by atoms with Crippen molar-refractivity contribution < 1.29 is 0 Å². The zero-order chi connectivity index (χ0) is 10.7. The number of thioether (sulfide) groups is 1. The van der Waals surface area contributed by atoms with E-state index in [0.29, 0.717) is 0 Å². The van der Waals surface area contributed by atoms with Gasteiger partial charge in [-0.1, -0.05) is 30.5 Å². The Kier molecular flexibility index (Phi) is 3.81. The number of hydrogen-bond acceptors (Lipinski definition) is 2. The van der Waals surface area contributed by atoms with Crippen LogP contribution in [0, 0.1) is 0 Å². The van der Waals surface area contributed by atoms with Crippen LogP contribution >= 0.6 is 23.4 Å². The predicted octanol–water partition coefficient (Wildman–Crippen LogP) is 4.10. The molecular formula is C12H16ClNS. The van der Waals surface area contributed by atoms with Gasteiger partial charge in [0.25, 0.3) is 0 Å². The van der Waals surface area contributed by atoms with Gasteiger partial charge in [-0.3, -0.25) is 0 Å². The number of halogens is 1. The third kappa shape index (κ3) is 3.05. The van der Waals surface area contributed by atoms with Crippen LogP contribution in [0.3, 0.4) is 0 Å². The van der Waals surface area contributed by atoms with Gasteiger partial charge in [0.15, 0.2) is 0 Å². The zero-order valence-electron chi connectivity index (χ0n) is 8.71. The van der Waals surface area contributed by atoms with Crippen molar-refractivity contribution >= 4 is 29.1 Å². The lowest BCUT2D eigenvalue weighted by molar-refractivity contribution is 0.886. The zero-order valence-corrected chi connectivity index (χ0v) is 10.3. The topological polar surface area (TPSA) is 26.0 Å². The fourth-order valence-corrected chi connectivity index (χ4v) is 3.49. The average molecular weight is 242 g/mol. The van der Waals surface area contributed by atoms with E-state index in [1.165, 1.54) is 31.2 Å². The molecule has 1 fully saturated rings. The molecule has 1 saturated carbocycles. The van der Waals surface area contributed by atoms with Gasteiger partial charge in [-0.2, -0.15) is 11.8 Å². The summed E-state index contributed by atoms with van der Waals surface area (Å²) in [6.45, 7) is 0. The number of rotatable bonds is 3. The minimum atomic E-state index is 0.724. The van der Waals surface area contributed by atoms with Crippen LogP contribution in [-0.2, 0) is 5.75 Å². The molecule has 2 N–H and O–H groups in total. The number of hydrogen-bond donors (Lipinski definition) is 1. The van der Waals surface area contributed by atoms with E-state index in [2.05, 4.69) is 0 Å². The molecule has 15 heavy (non-hydrogen) atoms. The molecule has 0 radical (unpaired) electrons. The van der Waals surface area contributed by atoms with Crippen molar-refractivity contribution in [1.29, 1.82) is 0 Å². The van der Waals surface area contributed by atoms with Crippen molar-refractivity contribution in [3.05, 3.63) is 28.8 Å². The first-order chi connectivity index (χ1) is 7.25. The van der Waals surface area contributed by atoms with Crippen LogP contribution in [0.1, 0.15) is 31.2 Å². The minimum Gasteiger partial charge on any atom is -0.398 e. The van der Waals surface area contributed by atoms with E-state index in [4.69, 9.17) is 17.3 Å². The Morgan fingerprint density at radius 2 is 2.07 bits per heavy atom. The highest BCUT2D eigenvalue weighted by atomic mass is 35.5. The average Bonchev–Trinajstić information content (AvgIpc) is 2.69. The number of nitrogens with two attached hydrogens (primary N) is 1. The second-order valence-electron chi connectivity index (χ2n) is 4.06. The largest absolute Gasteiger partial charge is 0.398 e. The van der Waals surface area contributed by atoms with Crippen molar-refractivity contribution in [3.63, 3.8) is 0 Å². The van der Waals surface area contributed by atoms with Gasteiger partial charge in [-0.15, -0.1) is 0 Å². The van der Waals surface area contributed by atoms with Gasteiger partial charge in [-0.25, -0.2) is 0 Å². The van der Waals surface area contributed by atoms with Crippen LogP contribution in [0.5, 0.6) is 0 Å². The summed E-state index contributed by atoms with van der Waals surface area (Å²) in [5, 5.41) is 1.57. The van der Waals surface area contributed by atoms with Gasteiger partial charge < -0.3 is 5.73 Å². The van der Waals surface area contributed by atoms with E-state index in [-0.39, 0.29) is 0 Å². The van der Waals surface area contributed by atoms with Crippen molar-refractivity contribution in [2.75, 3.05) is 5.73 Å². The molecule has 1 nitrogen and oxygen atoms in total. The van der Waals surface area contributed by atoms with Crippen molar-refractivity contribution in [2.45, 2.75) is 36.7 Å². The fraction of sp³-hybridized carbons (Fsp3) is 0.500. The maximum absolute atomic E-state index is 5.91. The highest BCUT2D eigenvalue weighted by molar-refractivity contribution is 7.99. The first-order valence-corrected chi connectivity index (χ1v) is 6.84. The van der Waals surface area contributed by atoms with E-state index < -0.39 is 0 Å². The Balaban J connectivity index is 1.92. The summed E-state index contributed by atoms with van der Waals surface area (Å²) in [7, 11) is 0. The van der Waals surface area contributed by atoms with Crippen molar-refractivity contribution in [1.82, 2.24) is 0 Å². The Labute approximate surface area is 100 Å². The van der Waals surface area contributed by atoms with E-state index in [1.807, 2.05) is 30.0 Å². The second-order valence-corrected chi connectivity index (χ2v) is 5.79. The quantitative estimate of drug-likeness (QED) is 0.807. The number of anilines is 1. The lowest BCUT2D eigenvalue weighted by Crippen LogP contribution is -1.97. The van der Waals surface area contributed by atoms with Gasteiger partial charge in [-0.05, 0) is 30.5 Å². The summed E-state index contributed by atoms with van der Waals surface area (Å²) in [5.41, 5.74) is 7.95. The van der Waals surface area contributed by atoms with Crippen LogP contribution in [0.4, 0.5) is 5.69 Å². The standard InChI is InChI=1S/C12H16ClNS/c13-10-6-5-9(12(14)7-10)8-15-11-3-1-2-4-11/h5-7,11H,1-4,8,14H2. The van der Waals surface area contributed by atoms with Gasteiger partial charge in [0.1, 0.15) is 0 Å². The highest BCUT2D eigenvalue weighted by Gasteiger charge is 2.15. The Morgan fingerprint density at radius 3 is 2.73 bits per heavy atom. The molecule has 1 aliphatic carbocycles. The maximum Gasteiger partial charge on any atom is 0.0426 e. The van der Waals surface area contributed by atoms with Crippen molar-refractivity contribution in [3.8, 4) is 0 Å². The molecule has 0 amide bonds. The summed E-state index contributed by atoms with van der Waals surface area (Å²) in [6.07, 6.45) is 5.54. The van der Waals surface area contributed by atoms with Crippen LogP contribution in [0.15, 0.2) is 18.2 Å². The second kappa shape index (κ2) is 5.13. The fourth-order valence-electron chi connectivity index (χ4n) is 1.96. The third-order valence-corrected chi connectivity index (χ3v) is 4.54. The minimum absolute atomic E-state index is 0.724. The predicted molar refractivity (Wildman–Crippen MR) is 69.4 cm³/mol. The molecule has 1 aromatic rings. The first kappa shape index (κ1) is 11.2. The van der Waals surface area contributed by atoms with Gasteiger partial charge in [0.2, 0.25) is 0 Å². The molecule has 0 aromatic heterocycles. The molecule has 0 heterocycles. The van der Waals surface area contributed by atoms with Gasteiger partial charge in [0.05, 0.1) is 0 Å². The maximum atomic E-state index is 5.91. The van der Waals surface area contributed by atoms with Crippen molar-refractivity contribution in [2.24, 2.45) is 0 Å². The molecule has 0 unspecified atom stereocenters. The lowest BCUT2D eigenvalue weighted by atomic mass is 10.2. The van der Waals surface area contributed by atoms with E-state index >= 15 is 0 Å². The summed E-state index contributed by atoms with van der Waals surface area (Å²) in [4.78, 5) is 0. The van der Waals surface area contributed by atoms with E-state index in [0.717, 1.165) is 21.7 Å². The molecule has 0 bridgehead atoms. The Bertz CT molecular complexity index is 334. The molecule has 1 aromatic carbocycles. The third-order valence-electron chi connectivity index (χ3n) is 2.88. The van der Waals surface area contributed by atoms with E-state index in [9.17, 15) is 0 Å². The van der Waals surface area contributed by atoms with Crippen LogP contribution in [-0.4, -0.2) is 5.25 Å². The molecule has 0 aliphatic heterocycles. The SMILES string of the molecule is Nc1cc(Cl)ccc1CSC1CCCC1. The molecule has 0 saturated heterocycles. The number of nitrogen functional groups attached to an aromatic ring is 1. The van der Waals surface area contributed by atoms with Crippen LogP contribution in [0.2, 0.25) is 5.02 Å².